The Bertz CT molecular complexity index is 772. The van der Waals surface area contributed by atoms with Crippen LogP contribution in [-0.2, 0) is 21.2 Å². The Morgan fingerprint density at radius 2 is 1.82 bits per heavy atom. The second-order valence-corrected chi connectivity index (χ2v) is 9.14. The third-order valence-electron chi connectivity index (χ3n) is 5.19. The summed E-state index contributed by atoms with van der Waals surface area (Å²) >= 11 is 0. The van der Waals surface area contributed by atoms with Crippen molar-refractivity contribution in [3.8, 4) is 0 Å². The molecule has 0 aromatic heterocycles. The summed E-state index contributed by atoms with van der Waals surface area (Å²) in [6.07, 6.45) is 7.08. The van der Waals surface area contributed by atoms with Crippen LogP contribution in [0.4, 0.5) is 0 Å². The second kappa shape index (κ2) is 11.0. The van der Waals surface area contributed by atoms with Crippen LogP contribution in [-0.4, -0.2) is 51.4 Å². The molecule has 0 atom stereocenters. The topological polar surface area (TPSA) is 78.5 Å². The van der Waals surface area contributed by atoms with Gasteiger partial charge in [0.25, 0.3) is 0 Å². The lowest BCUT2D eigenvalue weighted by atomic mass is 10.1. The largest absolute Gasteiger partial charge is 0.352 e. The van der Waals surface area contributed by atoms with Gasteiger partial charge in [0.2, 0.25) is 15.9 Å². The van der Waals surface area contributed by atoms with E-state index in [0.717, 1.165) is 44.3 Å². The van der Waals surface area contributed by atoms with Gasteiger partial charge in [-0.05, 0) is 49.9 Å². The maximum atomic E-state index is 12.7. The number of carbonyl (C=O) groups is 1. The maximum Gasteiger partial charge on any atom is 0.243 e. The molecule has 2 heterocycles. The number of benzene rings is 1. The van der Waals surface area contributed by atoms with Crippen molar-refractivity contribution in [2.24, 2.45) is 0 Å². The zero-order valence-electron chi connectivity index (χ0n) is 16.2. The van der Waals surface area contributed by atoms with Gasteiger partial charge in [0, 0.05) is 32.6 Å². The SMILES string of the molecule is Cl.O=C(CCc1ccc(S(=O)(=O)N2CCCCC2)cc1)NCC1=CCNCC1. The van der Waals surface area contributed by atoms with E-state index in [-0.39, 0.29) is 18.3 Å². The first-order chi connectivity index (χ1) is 13.1. The number of aryl methyl sites for hydroxylation is 1. The highest BCUT2D eigenvalue weighted by molar-refractivity contribution is 7.89. The highest BCUT2D eigenvalue weighted by atomic mass is 35.5. The molecule has 2 aliphatic rings. The van der Waals surface area contributed by atoms with E-state index in [1.807, 2.05) is 12.1 Å². The molecule has 6 nitrogen and oxygen atoms in total. The molecule has 0 radical (unpaired) electrons. The van der Waals surface area contributed by atoms with Crippen molar-refractivity contribution in [1.29, 1.82) is 0 Å². The molecule has 1 fully saturated rings. The van der Waals surface area contributed by atoms with Gasteiger partial charge in [0.1, 0.15) is 0 Å². The van der Waals surface area contributed by atoms with Gasteiger partial charge in [0.05, 0.1) is 4.90 Å². The fraction of sp³-hybridized carbons (Fsp3) is 0.550. The Balaban J connectivity index is 0.00000280. The minimum atomic E-state index is -3.39. The van der Waals surface area contributed by atoms with Crippen LogP contribution < -0.4 is 10.6 Å². The van der Waals surface area contributed by atoms with Crippen LogP contribution in [0.2, 0.25) is 0 Å². The third-order valence-corrected chi connectivity index (χ3v) is 7.10. The van der Waals surface area contributed by atoms with E-state index in [9.17, 15) is 13.2 Å². The molecule has 0 unspecified atom stereocenters. The van der Waals surface area contributed by atoms with Gasteiger partial charge in [-0.2, -0.15) is 4.31 Å². The van der Waals surface area contributed by atoms with Crippen molar-refractivity contribution >= 4 is 28.3 Å². The Morgan fingerprint density at radius 1 is 1.11 bits per heavy atom. The van der Waals surface area contributed by atoms with Gasteiger partial charge < -0.3 is 10.6 Å². The molecule has 0 aliphatic carbocycles. The fourth-order valence-electron chi connectivity index (χ4n) is 3.47. The number of hydrogen-bond acceptors (Lipinski definition) is 4. The van der Waals surface area contributed by atoms with Crippen molar-refractivity contribution in [3.63, 3.8) is 0 Å². The number of sulfonamides is 1. The first-order valence-electron chi connectivity index (χ1n) is 9.80. The number of rotatable bonds is 7. The molecule has 8 heteroatoms. The van der Waals surface area contributed by atoms with E-state index in [0.29, 0.717) is 37.4 Å². The van der Waals surface area contributed by atoms with Crippen LogP contribution in [0.25, 0.3) is 0 Å². The number of nitrogens with one attached hydrogen (secondary N) is 2. The monoisotopic (exact) mass is 427 g/mol. The Kier molecular flexibility index (Phi) is 8.95. The van der Waals surface area contributed by atoms with Gasteiger partial charge in [-0.25, -0.2) is 8.42 Å². The zero-order chi connectivity index (χ0) is 19.1. The highest BCUT2D eigenvalue weighted by Gasteiger charge is 2.25. The first kappa shape index (κ1) is 22.9. The summed E-state index contributed by atoms with van der Waals surface area (Å²) in [6, 6.07) is 6.97. The molecule has 0 spiro atoms. The fourth-order valence-corrected chi connectivity index (χ4v) is 4.99. The number of carbonyl (C=O) groups excluding carboxylic acids is 1. The van der Waals surface area contributed by atoms with E-state index in [4.69, 9.17) is 0 Å². The summed E-state index contributed by atoms with van der Waals surface area (Å²) in [5.74, 6) is 0.0273. The Morgan fingerprint density at radius 3 is 2.46 bits per heavy atom. The van der Waals surface area contributed by atoms with Crippen LogP contribution in [0, 0.1) is 0 Å². The quantitative estimate of drug-likeness (QED) is 0.654. The molecule has 28 heavy (non-hydrogen) atoms. The summed E-state index contributed by atoms with van der Waals surface area (Å²) in [5, 5.41) is 6.21. The lowest BCUT2D eigenvalue weighted by Gasteiger charge is -2.25. The van der Waals surface area contributed by atoms with Crippen molar-refractivity contribution < 1.29 is 13.2 Å². The van der Waals surface area contributed by atoms with Gasteiger partial charge >= 0.3 is 0 Å². The average molecular weight is 428 g/mol. The predicted molar refractivity (Wildman–Crippen MR) is 113 cm³/mol. The number of amides is 1. The number of piperidine rings is 1. The smallest absolute Gasteiger partial charge is 0.243 e. The maximum absolute atomic E-state index is 12.7. The van der Waals surface area contributed by atoms with Crippen LogP contribution in [0.1, 0.15) is 37.7 Å². The van der Waals surface area contributed by atoms with Crippen molar-refractivity contribution in [2.45, 2.75) is 43.4 Å². The Labute approximate surface area is 174 Å². The van der Waals surface area contributed by atoms with Gasteiger partial charge in [0.15, 0.2) is 0 Å². The molecule has 2 N–H and O–H groups in total. The highest BCUT2D eigenvalue weighted by Crippen LogP contribution is 2.21. The molecule has 1 saturated heterocycles. The van der Waals surface area contributed by atoms with Crippen LogP contribution in [0.3, 0.4) is 0 Å². The standard InChI is InChI=1S/C20H29N3O3S.ClH/c24-20(22-16-18-10-12-21-13-11-18)9-6-17-4-7-19(8-5-17)27(25,26)23-14-2-1-3-15-23;/h4-5,7-8,10,21H,1-3,6,9,11-16H2,(H,22,24);1H. The molecular formula is C20H30ClN3O3S. The molecule has 0 saturated carbocycles. The number of halogens is 1. The molecule has 0 bridgehead atoms. The molecule has 156 valence electrons. The lowest BCUT2D eigenvalue weighted by Crippen LogP contribution is -2.35. The summed E-state index contributed by atoms with van der Waals surface area (Å²) in [4.78, 5) is 12.4. The molecule has 1 aromatic rings. The van der Waals surface area contributed by atoms with Gasteiger partial charge in [-0.15, -0.1) is 12.4 Å². The normalized spacial score (nSPS) is 18.1. The van der Waals surface area contributed by atoms with E-state index in [2.05, 4.69) is 16.7 Å². The van der Waals surface area contributed by atoms with Crippen LogP contribution in [0.5, 0.6) is 0 Å². The third kappa shape index (κ3) is 6.30. The Hall–Kier alpha value is -1.41. The summed E-state index contributed by atoms with van der Waals surface area (Å²) < 4.78 is 26.9. The summed E-state index contributed by atoms with van der Waals surface area (Å²) in [5.41, 5.74) is 2.25. The van der Waals surface area contributed by atoms with E-state index < -0.39 is 10.0 Å². The van der Waals surface area contributed by atoms with Gasteiger partial charge in [-0.1, -0.05) is 30.2 Å². The molecule has 2 aliphatic heterocycles. The van der Waals surface area contributed by atoms with Crippen molar-refractivity contribution in [1.82, 2.24) is 14.9 Å². The van der Waals surface area contributed by atoms with Crippen LogP contribution in [0.15, 0.2) is 40.8 Å². The number of nitrogens with zero attached hydrogens (tertiary/aromatic N) is 1. The number of hydrogen-bond donors (Lipinski definition) is 2. The zero-order valence-corrected chi connectivity index (χ0v) is 17.8. The molecule has 1 amide bonds. The lowest BCUT2D eigenvalue weighted by molar-refractivity contribution is -0.120. The van der Waals surface area contributed by atoms with Crippen LogP contribution >= 0.6 is 12.4 Å². The summed E-state index contributed by atoms with van der Waals surface area (Å²) in [7, 11) is -3.39. The van der Waals surface area contributed by atoms with E-state index >= 15 is 0 Å². The average Bonchev–Trinajstić information content (AvgIpc) is 2.72. The predicted octanol–water partition coefficient (Wildman–Crippen LogP) is 2.25. The molecular weight excluding hydrogens is 398 g/mol. The minimum Gasteiger partial charge on any atom is -0.352 e. The van der Waals surface area contributed by atoms with Gasteiger partial charge in [-0.3, -0.25) is 4.79 Å². The first-order valence-corrected chi connectivity index (χ1v) is 11.2. The summed E-state index contributed by atoms with van der Waals surface area (Å²) in [6.45, 7) is 3.67. The van der Waals surface area contributed by atoms with E-state index in [1.54, 1.807) is 16.4 Å². The van der Waals surface area contributed by atoms with E-state index in [1.165, 1.54) is 5.57 Å². The van der Waals surface area contributed by atoms with Crippen molar-refractivity contribution in [3.05, 3.63) is 41.5 Å². The molecule has 3 rings (SSSR count). The molecule has 1 aromatic carbocycles. The minimum absolute atomic E-state index is 0. The second-order valence-electron chi connectivity index (χ2n) is 7.20. The van der Waals surface area contributed by atoms with Crippen molar-refractivity contribution in [2.75, 3.05) is 32.7 Å².